The molecule has 5 heteroatoms. The highest BCUT2D eigenvalue weighted by Gasteiger charge is 2.13. The molecule has 2 atom stereocenters. The molecule has 0 amide bonds. The molecule has 0 aromatic heterocycles. The minimum absolute atomic E-state index is 0.660. The van der Waals surface area contributed by atoms with E-state index in [4.69, 9.17) is 14.2 Å². The fourth-order valence-electron chi connectivity index (χ4n) is 3.46. The van der Waals surface area contributed by atoms with Gasteiger partial charge in [0.15, 0.2) is 12.6 Å². The third kappa shape index (κ3) is 6.32. The lowest BCUT2D eigenvalue weighted by Crippen LogP contribution is -2.27. The first kappa shape index (κ1) is 22.9. The number of hydrogen-bond donors (Lipinski definition) is 0. The lowest BCUT2D eigenvalue weighted by Gasteiger charge is -2.18. The van der Waals surface area contributed by atoms with Gasteiger partial charge < -0.3 is 14.2 Å². The summed E-state index contributed by atoms with van der Waals surface area (Å²) in [4.78, 5) is 9.17. The van der Waals surface area contributed by atoms with Crippen LogP contribution in [0.5, 0.6) is 0 Å². The van der Waals surface area contributed by atoms with Gasteiger partial charge in [-0.2, -0.15) is 0 Å². The van der Waals surface area contributed by atoms with Gasteiger partial charge in [0, 0.05) is 14.2 Å². The van der Waals surface area contributed by atoms with Gasteiger partial charge in [-0.3, -0.25) is 9.98 Å². The molecule has 2 unspecified atom stereocenters. The zero-order valence-electron chi connectivity index (χ0n) is 18.7. The second kappa shape index (κ2) is 10.4. The highest BCUT2D eigenvalue weighted by atomic mass is 16.8. The average Bonchev–Trinajstić information content (AvgIpc) is 2.63. The highest BCUT2D eigenvalue weighted by Crippen LogP contribution is 2.26. The monoisotopic (exact) mass is 396 g/mol. The molecule has 29 heavy (non-hydrogen) atoms. The molecule has 156 valence electrons. The maximum atomic E-state index is 5.86. The van der Waals surface area contributed by atoms with Crippen molar-refractivity contribution in [3.8, 4) is 0 Å². The molecule has 0 aliphatic carbocycles. The molecule has 0 fully saturated rings. The van der Waals surface area contributed by atoms with Gasteiger partial charge in [-0.15, -0.1) is 0 Å². The summed E-state index contributed by atoms with van der Waals surface area (Å²) in [6, 6.07) is 8.44. The van der Waals surface area contributed by atoms with Crippen LogP contribution in [0.15, 0.2) is 34.3 Å². The Morgan fingerprint density at radius 1 is 0.621 bits per heavy atom. The van der Waals surface area contributed by atoms with E-state index in [0.29, 0.717) is 0 Å². The first-order valence-electron chi connectivity index (χ1n) is 9.70. The Bertz CT molecular complexity index is 783. The number of aryl methyl sites for hydroxylation is 6. The number of nitrogens with zero attached hydrogens (tertiary/aromatic N) is 2. The number of benzene rings is 2. The molecule has 0 heterocycles. The first-order chi connectivity index (χ1) is 13.7. The van der Waals surface area contributed by atoms with Crippen LogP contribution in [-0.2, 0) is 14.2 Å². The van der Waals surface area contributed by atoms with Crippen LogP contribution >= 0.6 is 0 Å². The van der Waals surface area contributed by atoms with Crippen molar-refractivity contribution in [1.82, 2.24) is 0 Å². The second-order valence-electron chi connectivity index (χ2n) is 7.40. The van der Waals surface area contributed by atoms with Crippen molar-refractivity contribution < 1.29 is 14.2 Å². The van der Waals surface area contributed by atoms with Crippen LogP contribution in [0.1, 0.15) is 33.4 Å². The van der Waals surface area contributed by atoms with Gasteiger partial charge in [0.1, 0.15) is 0 Å². The van der Waals surface area contributed by atoms with Crippen LogP contribution < -0.4 is 0 Å². The van der Waals surface area contributed by atoms with Crippen LogP contribution in [0, 0.1) is 41.5 Å². The molecule has 0 N–H and O–H groups in total. The third-order valence-electron chi connectivity index (χ3n) is 4.65. The Morgan fingerprint density at radius 3 is 1.21 bits per heavy atom. The summed E-state index contributed by atoms with van der Waals surface area (Å²) in [5, 5.41) is 0. The minimum atomic E-state index is -0.660. The van der Waals surface area contributed by atoms with Gasteiger partial charge >= 0.3 is 0 Å². The largest absolute Gasteiger partial charge is 0.351 e. The SMILES string of the molecule is COC(C=Nc1c(C)cc(C)cc1C)OC(C=Nc1c(C)cc(C)cc1C)OC. The standard InChI is InChI=1S/C24H32N2O3/c1-15-9-17(3)23(18(4)10-15)25-13-21(27-7)29-22(28-8)14-26-24-19(5)11-16(2)12-20(24)6/h9-14,21-22H,1-8H3. The van der Waals surface area contributed by atoms with Crippen LogP contribution in [0.4, 0.5) is 11.4 Å². The van der Waals surface area contributed by atoms with E-state index in [0.717, 1.165) is 33.6 Å². The van der Waals surface area contributed by atoms with Crippen LogP contribution in [-0.4, -0.2) is 39.2 Å². The maximum absolute atomic E-state index is 5.86. The Kier molecular flexibility index (Phi) is 8.26. The Morgan fingerprint density at radius 2 is 0.931 bits per heavy atom. The molecule has 0 aliphatic rings. The fraction of sp³-hybridized carbons (Fsp3) is 0.417. The number of rotatable bonds is 8. The summed E-state index contributed by atoms with van der Waals surface area (Å²) in [5.41, 5.74) is 8.75. The third-order valence-corrected chi connectivity index (χ3v) is 4.65. The Labute approximate surface area is 174 Å². The van der Waals surface area contributed by atoms with Gasteiger partial charge in [-0.1, -0.05) is 35.4 Å². The lowest BCUT2D eigenvalue weighted by molar-refractivity contribution is -0.166. The number of aliphatic imine (C=N–C) groups is 2. The number of methoxy groups -OCH3 is 2. The molecular weight excluding hydrogens is 364 g/mol. The van der Waals surface area contributed by atoms with Crippen molar-refractivity contribution in [2.24, 2.45) is 9.98 Å². The van der Waals surface area contributed by atoms with E-state index in [-0.39, 0.29) is 0 Å². The van der Waals surface area contributed by atoms with E-state index in [1.807, 2.05) is 27.7 Å². The van der Waals surface area contributed by atoms with E-state index >= 15 is 0 Å². The number of ether oxygens (including phenoxy) is 3. The quantitative estimate of drug-likeness (QED) is 0.431. The van der Waals surface area contributed by atoms with Gasteiger partial charge in [-0.05, 0) is 63.8 Å². The van der Waals surface area contributed by atoms with Gasteiger partial charge in [0.05, 0.1) is 23.8 Å². The van der Waals surface area contributed by atoms with Gasteiger partial charge in [0.25, 0.3) is 0 Å². The molecule has 5 nitrogen and oxygen atoms in total. The summed E-state index contributed by atoms with van der Waals surface area (Å²) >= 11 is 0. The summed E-state index contributed by atoms with van der Waals surface area (Å²) in [6.07, 6.45) is 1.97. The second-order valence-corrected chi connectivity index (χ2v) is 7.40. The van der Waals surface area contributed by atoms with Crippen molar-refractivity contribution in [2.45, 2.75) is 54.1 Å². The van der Waals surface area contributed by atoms with Crippen molar-refractivity contribution in [2.75, 3.05) is 14.2 Å². The van der Waals surface area contributed by atoms with Crippen LogP contribution in [0.3, 0.4) is 0 Å². The maximum Gasteiger partial charge on any atom is 0.197 e. The summed E-state index contributed by atoms with van der Waals surface area (Å²) in [7, 11) is 3.15. The van der Waals surface area contributed by atoms with Crippen LogP contribution in [0.2, 0.25) is 0 Å². The van der Waals surface area contributed by atoms with E-state index in [9.17, 15) is 0 Å². The van der Waals surface area contributed by atoms with Crippen molar-refractivity contribution >= 4 is 23.8 Å². The van der Waals surface area contributed by atoms with Gasteiger partial charge in [0.2, 0.25) is 0 Å². The fourth-order valence-corrected chi connectivity index (χ4v) is 3.46. The zero-order valence-corrected chi connectivity index (χ0v) is 18.7. The van der Waals surface area contributed by atoms with Crippen molar-refractivity contribution in [1.29, 1.82) is 0 Å². The molecule has 2 aromatic carbocycles. The normalized spacial score (nSPS) is 14.1. The van der Waals surface area contributed by atoms with Crippen molar-refractivity contribution in [3.63, 3.8) is 0 Å². The van der Waals surface area contributed by atoms with Crippen molar-refractivity contribution in [3.05, 3.63) is 57.6 Å². The average molecular weight is 397 g/mol. The lowest BCUT2D eigenvalue weighted by atomic mass is 10.1. The molecule has 0 radical (unpaired) electrons. The summed E-state index contributed by atoms with van der Waals surface area (Å²) < 4.78 is 16.7. The smallest absolute Gasteiger partial charge is 0.197 e. The molecule has 0 spiro atoms. The zero-order chi connectivity index (χ0) is 21.6. The summed E-state index contributed by atoms with van der Waals surface area (Å²) in [6.45, 7) is 12.3. The van der Waals surface area contributed by atoms with E-state index in [1.54, 1.807) is 26.6 Å². The molecule has 0 bridgehead atoms. The Balaban J connectivity index is 2.14. The molecular formula is C24H32N2O3. The number of hydrogen-bond acceptors (Lipinski definition) is 5. The Hall–Kier alpha value is -2.34. The molecule has 2 aromatic rings. The van der Waals surface area contributed by atoms with E-state index in [2.05, 4.69) is 48.1 Å². The predicted octanol–water partition coefficient (Wildman–Crippen LogP) is 5.60. The van der Waals surface area contributed by atoms with Gasteiger partial charge in [-0.25, -0.2) is 0 Å². The minimum Gasteiger partial charge on any atom is -0.351 e. The topological polar surface area (TPSA) is 52.4 Å². The molecule has 2 rings (SSSR count). The summed E-state index contributed by atoms with van der Waals surface area (Å²) in [5.74, 6) is 0. The first-order valence-corrected chi connectivity index (χ1v) is 9.70. The molecule has 0 aliphatic heterocycles. The van der Waals surface area contributed by atoms with E-state index in [1.165, 1.54) is 11.1 Å². The molecule has 0 saturated carbocycles. The highest BCUT2D eigenvalue weighted by molar-refractivity contribution is 5.71. The predicted molar refractivity (Wildman–Crippen MR) is 120 cm³/mol. The van der Waals surface area contributed by atoms with E-state index < -0.39 is 12.6 Å². The molecule has 0 saturated heterocycles. The van der Waals surface area contributed by atoms with Crippen LogP contribution in [0.25, 0.3) is 0 Å².